The largest absolute Gasteiger partial charge is 0.431 e. The molecule has 130 valence electrons. The van der Waals surface area contributed by atoms with Gasteiger partial charge in [0.25, 0.3) is 0 Å². The van der Waals surface area contributed by atoms with Gasteiger partial charge in [-0.05, 0) is 45.6 Å². The second kappa shape index (κ2) is 7.89. The number of hydrogen-bond donors (Lipinski definition) is 0. The first-order valence-electron chi connectivity index (χ1n) is 8.59. The molecule has 0 N–H and O–H groups in total. The molecule has 23 heavy (non-hydrogen) atoms. The highest BCUT2D eigenvalue weighted by atomic mass is 16.5. The molecule has 0 saturated carbocycles. The standard InChI is InChI=1S/C19H30O4/c1-6-12-18(2,3)17(22)19(4,5)15(20)13-16(21)23-14-10-8-7-9-11-14/h10H,6-9,11-13H2,1-5H3. The fourth-order valence-corrected chi connectivity index (χ4v) is 3.15. The Labute approximate surface area is 139 Å². The Bertz CT molecular complexity index is 497. The van der Waals surface area contributed by atoms with Crippen LogP contribution in [0.3, 0.4) is 0 Å². The van der Waals surface area contributed by atoms with Crippen molar-refractivity contribution >= 4 is 17.5 Å². The lowest BCUT2D eigenvalue weighted by molar-refractivity contribution is -0.149. The lowest BCUT2D eigenvalue weighted by Crippen LogP contribution is -2.43. The van der Waals surface area contributed by atoms with Crippen molar-refractivity contribution in [3.63, 3.8) is 0 Å². The van der Waals surface area contributed by atoms with Gasteiger partial charge in [0.2, 0.25) is 0 Å². The molecule has 4 nitrogen and oxygen atoms in total. The van der Waals surface area contributed by atoms with Gasteiger partial charge in [-0.1, -0.05) is 27.2 Å². The van der Waals surface area contributed by atoms with Gasteiger partial charge in [-0.2, -0.15) is 0 Å². The first-order valence-corrected chi connectivity index (χ1v) is 8.59. The van der Waals surface area contributed by atoms with Crippen molar-refractivity contribution in [3.05, 3.63) is 11.8 Å². The maximum absolute atomic E-state index is 12.7. The number of Topliss-reactive ketones (excluding diaryl/α,β-unsaturated/α-hetero) is 2. The number of carbonyl (C=O) groups is 3. The van der Waals surface area contributed by atoms with Gasteiger partial charge in [0.1, 0.15) is 12.2 Å². The fraction of sp³-hybridized carbons (Fsp3) is 0.737. The molecule has 1 rings (SSSR count). The molecule has 0 spiro atoms. The molecule has 0 fully saturated rings. The Morgan fingerprint density at radius 3 is 2.30 bits per heavy atom. The summed E-state index contributed by atoms with van der Waals surface area (Å²) in [6, 6.07) is 0. The predicted molar refractivity (Wildman–Crippen MR) is 89.7 cm³/mol. The van der Waals surface area contributed by atoms with E-state index in [0.29, 0.717) is 5.76 Å². The third-order valence-corrected chi connectivity index (χ3v) is 4.55. The van der Waals surface area contributed by atoms with Gasteiger partial charge in [0.15, 0.2) is 11.6 Å². The van der Waals surface area contributed by atoms with Crippen molar-refractivity contribution in [3.8, 4) is 0 Å². The Morgan fingerprint density at radius 2 is 1.78 bits per heavy atom. The number of carbonyl (C=O) groups excluding carboxylic acids is 3. The lowest BCUT2D eigenvalue weighted by atomic mass is 9.69. The monoisotopic (exact) mass is 322 g/mol. The summed E-state index contributed by atoms with van der Waals surface area (Å²) in [6.45, 7) is 8.96. The van der Waals surface area contributed by atoms with Gasteiger partial charge in [0.05, 0.1) is 5.41 Å². The average Bonchev–Trinajstić information content (AvgIpc) is 2.47. The number of esters is 1. The van der Waals surface area contributed by atoms with Crippen LogP contribution in [-0.2, 0) is 19.1 Å². The molecule has 0 atom stereocenters. The van der Waals surface area contributed by atoms with Crippen LogP contribution in [0.15, 0.2) is 11.8 Å². The summed E-state index contributed by atoms with van der Waals surface area (Å²) in [5.74, 6) is -0.378. The van der Waals surface area contributed by atoms with E-state index in [1.165, 1.54) is 0 Å². The summed E-state index contributed by atoms with van der Waals surface area (Å²) in [6.07, 6.45) is 6.91. The molecule has 1 aliphatic rings. The van der Waals surface area contributed by atoms with Crippen molar-refractivity contribution in [1.82, 2.24) is 0 Å². The van der Waals surface area contributed by atoms with Gasteiger partial charge in [0, 0.05) is 11.8 Å². The molecule has 0 aliphatic heterocycles. The Kier molecular flexibility index (Phi) is 6.72. The van der Waals surface area contributed by atoms with Gasteiger partial charge in [-0.25, -0.2) is 0 Å². The number of rotatable bonds is 8. The van der Waals surface area contributed by atoms with Crippen LogP contribution in [-0.4, -0.2) is 17.5 Å². The van der Waals surface area contributed by atoms with Gasteiger partial charge in [-0.15, -0.1) is 0 Å². The van der Waals surface area contributed by atoms with E-state index in [2.05, 4.69) is 0 Å². The summed E-state index contributed by atoms with van der Waals surface area (Å²) >= 11 is 0. The smallest absolute Gasteiger partial charge is 0.318 e. The van der Waals surface area contributed by atoms with Crippen molar-refractivity contribution < 1.29 is 19.1 Å². The van der Waals surface area contributed by atoms with E-state index in [9.17, 15) is 14.4 Å². The first-order chi connectivity index (χ1) is 10.6. The lowest BCUT2D eigenvalue weighted by Gasteiger charge is -2.32. The van der Waals surface area contributed by atoms with Crippen LogP contribution in [0.2, 0.25) is 0 Å². The molecule has 0 aromatic heterocycles. The van der Waals surface area contributed by atoms with E-state index >= 15 is 0 Å². The number of ether oxygens (including phenoxy) is 1. The molecule has 0 bridgehead atoms. The van der Waals surface area contributed by atoms with E-state index in [1.54, 1.807) is 13.8 Å². The van der Waals surface area contributed by atoms with Crippen LogP contribution in [0.4, 0.5) is 0 Å². The Balaban J connectivity index is 2.69. The summed E-state index contributed by atoms with van der Waals surface area (Å²) in [4.78, 5) is 37.1. The number of ketones is 2. The summed E-state index contributed by atoms with van der Waals surface area (Å²) in [5, 5.41) is 0. The topological polar surface area (TPSA) is 60.4 Å². The van der Waals surface area contributed by atoms with Crippen LogP contribution < -0.4 is 0 Å². The third kappa shape index (κ3) is 5.29. The Hall–Kier alpha value is -1.45. The molecule has 0 radical (unpaired) electrons. The zero-order chi connectivity index (χ0) is 17.7. The maximum atomic E-state index is 12.7. The van der Waals surface area contributed by atoms with E-state index in [0.717, 1.165) is 38.5 Å². The van der Waals surface area contributed by atoms with Crippen molar-refractivity contribution in [2.75, 3.05) is 0 Å². The molecule has 0 saturated heterocycles. The van der Waals surface area contributed by atoms with Crippen LogP contribution in [0.1, 0.15) is 79.6 Å². The van der Waals surface area contributed by atoms with Crippen LogP contribution in [0, 0.1) is 10.8 Å². The maximum Gasteiger partial charge on any atom is 0.318 e. The normalized spacial score (nSPS) is 15.8. The SMILES string of the molecule is CCCC(C)(C)C(=O)C(C)(C)C(=O)CC(=O)OC1=CCCCC1. The quantitative estimate of drug-likeness (QED) is 0.492. The third-order valence-electron chi connectivity index (χ3n) is 4.55. The van der Waals surface area contributed by atoms with Crippen molar-refractivity contribution in [2.45, 2.75) is 79.6 Å². The summed E-state index contributed by atoms with van der Waals surface area (Å²) in [7, 11) is 0. The molecular formula is C19H30O4. The molecule has 0 aromatic carbocycles. The second-order valence-corrected chi connectivity index (χ2v) is 7.58. The molecule has 0 unspecified atom stereocenters. The minimum atomic E-state index is -1.17. The highest BCUT2D eigenvalue weighted by Gasteiger charge is 2.43. The summed E-state index contributed by atoms with van der Waals surface area (Å²) < 4.78 is 5.26. The minimum Gasteiger partial charge on any atom is -0.431 e. The van der Waals surface area contributed by atoms with Crippen molar-refractivity contribution in [1.29, 1.82) is 0 Å². The molecular weight excluding hydrogens is 292 g/mol. The van der Waals surface area contributed by atoms with E-state index in [-0.39, 0.29) is 18.0 Å². The molecule has 0 heterocycles. The highest BCUT2D eigenvalue weighted by Crippen LogP contribution is 2.34. The zero-order valence-corrected chi connectivity index (χ0v) is 15.2. The fourth-order valence-electron chi connectivity index (χ4n) is 3.15. The van der Waals surface area contributed by atoms with Gasteiger partial charge >= 0.3 is 5.97 Å². The first kappa shape index (κ1) is 19.6. The number of allylic oxidation sites excluding steroid dienone is 2. The zero-order valence-electron chi connectivity index (χ0n) is 15.2. The number of hydrogen-bond acceptors (Lipinski definition) is 4. The van der Waals surface area contributed by atoms with Crippen molar-refractivity contribution in [2.24, 2.45) is 10.8 Å². The average molecular weight is 322 g/mol. The van der Waals surface area contributed by atoms with Gasteiger partial charge in [-0.3, -0.25) is 14.4 Å². The Morgan fingerprint density at radius 1 is 1.13 bits per heavy atom. The molecule has 1 aliphatic carbocycles. The van der Waals surface area contributed by atoms with Gasteiger partial charge < -0.3 is 4.74 Å². The predicted octanol–water partition coefficient (Wildman–Crippen LogP) is 4.37. The molecule has 0 amide bonds. The van der Waals surface area contributed by atoms with Crippen LogP contribution in [0.5, 0.6) is 0 Å². The van der Waals surface area contributed by atoms with Crippen LogP contribution in [0.25, 0.3) is 0 Å². The minimum absolute atomic E-state index is 0.110. The van der Waals surface area contributed by atoms with E-state index in [4.69, 9.17) is 4.74 Å². The van der Waals surface area contributed by atoms with E-state index in [1.807, 2.05) is 26.8 Å². The van der Waals surface area contributed by atoms with Crippen LogP contribution >= 0.6 is 0 Å². The highest BCUT2D eigenvalue weighted by molar-refractivity contribution is 6.12. The van der Waals surface area contributed by atoms with E-state index < -0.39 is 16.8 Å². The molecule has 4 heteroatoms. The summed E-state index contributed by atoms with van der Waals surface area (Å²) in [5.41, 5.74) is -1.73. The second-order valence-electron chi connectivity index (χ2n) is 7.58. The molecule has 0 aromatic rings.